The number of benzene rings is 1. The summed E-state index contributed by atoms with van der Waals surface area (Å²) in [6, 6.07) is 3.81. The number of carbonyl (C=O) groups is 1. The lowest BCUT2D eigenvalue weighted by atomic mass is 10.1. The molecule has 7 heteroatoms. The first kappa shape index (κ1) is 16.9. The van der Waals surface area contributed by atoms with Gasteiger partial charge in [0.1, 0.15) is 0 Å². The molecule has 1 saturated heterocycles. The summed E-state index contributed by atoms with van der Waals surface area (Å²) in [6.07, 6.45) is -3.20. The maximum absolute atomic E-state index is 13.1. The van der Waals surface area contributed by atoms with Crippen LogP contribution < -0.4 is 4.90 Å². The lowest BCUT2D eigenvalue weighted by Crippen LogP contribution is -2.49. The summed E-state index contributed by atoms with van der Waals surface area (Å²) in [5.74, 6) is 0.0642. The van der Waals surface area contributed by atoms with E-state index in [-0.39, 0.29) is 16.6 Å². The monoisotopic (exact) mass is 334 g/mol. The molecule has 2 rings (SSSR count). The smallest absolute Gasteiger partial charge is 0.367 e. The number of carbonyl (C=O) groups excluding carboxylic acids is 1. The van der Waals surface area contributed by atoms with E-state index in [1.807, 2.05) is 6.92 Å². The van der Waals surface area contributed by atoms with Gasteiger partial charge in [-0.25, -0.2) is 0 Å². The van der Waals surface area contributed by atoms with Crippen molar-refractivity contribution in [1.82, 2.24) is 4.90 Å². The number of hydrogen-bond donors (Lipinski definition) is 0. The lowest BCUT2D eigenvalue weighted by Gasteiger charge is -2.37. The first-order chi connectivity index (χ1) is 10.3. The van der Waals surface area contributed by atoms with Crippen molar-refractivity contribution in [3.8, 4) is 0 Å². The van der Waals surface area contributed by atoms with Crippen LogP contribution in [0.25, 0.3) is 0 Å². The van der Waals surface area contributed by atoms with Gasteiger partial charge in [-0.15, -0.1) is 0 Å². The molecule has 0 bridgehead atoms. The topological polar surface area (TPSA) is 23.6 Å². The van der Waals surface area contributed by atoms with Crippen molar-refractivity contribution in [2.75, 3.05) is 31.1 Å². The van der Waals surface area contributed by atoms with Gasteiger partial charge in [-0.05, 0) is 24.6 Å². The van der Waals surface area contributed by atoms with Crippen molar-refractivity contribution in [1.29, 1.82) is 0 Å². The molecule has 0 atom stereocenters. The molecular weight excluding hydrogens is 317 g/mol. The first-order valence-electron chi connectivity index (χ1n) is 7.22. The molecule has 22 heavy (non-hydrogen) atoms. The number of anilines is 1. The van der Waals surface area contributed by atoms with E-state index in [2.05, 4.69) is 0 Å². The van der Waals surface area contributed by atoms with Gasteiger partial charge >= 0.3 is 6.18 Å². The third-order valence-corrected chi connectivity index (χ3v) is 3.94. The van der Waals surface area contributed by atoms with Crippen LogP contribution in [-0.2, 0) is 11.0 Å². The molecule has 0 unspecified atom stereocenters. The molecule has 0 N–H and O–H groups in total. The second-order valence-corrected chi connectivity index (χ2v) is 5.71. The van der Waals surface area contributed by atoms with Crippen molar-refractivity contribution >= 4 is 23.2 Å². The van der Waals surface area contributed by atoms with Crippen LogP contribution in [0, 0.1) is 0 Å². The molecule has 122 valence electrons. The number of rotatable bonds is 3. The van der Waals surface area contributed by atoms with Gasteiger partial charge in [0, 0.05) is 43.3 Å². The van der Waals surface area contributed by atoms with Crippen molar-refractivity contribution in [2.45, 2.75) is 25.9 Å². The van der Waals surface area contributed by atoms with Gasteiger partial charge in [0.05, 0.1) is 5.56 Å². The molecular formula is C15H18ClF3N2O. The van der Waals surface area contributed by atoms with E-state index in [1.165, 1.54) is 12.1 Å². The predicted octanol–water partition coefficient (Wildman–Crippen LogP) is 3.81. The van der Waals surface area contributed by atoms with Crippen LogP contribution in [-0.4, -0.2) is 37.0 Å². The van der Waals surface area contributed by atoms with E-state index in [4.69, 9.17) is 11.6 Å². The largest absolute Gasteiger partial charge is 0.418 e. The maximum Gasteiger partial charge on any atom is 0.418 e. The normalized spacial score (nSPS) is 16.0. The minimum absolute atomic E-state index is 0.0628. The Hall–Kier alpha value is -1.43. The van der Waals surface area contributed by atoms with Crippen molar-refractivity contribution in [3.63, 3.8) is 0 Å². The molecule has 1 aromatic carbocycles. The lowest BCUT2D eigenvalue weighted by molar-refractivity contribution is -0.137. The fourth-order valence-corrected chi connectivity index (χ4v) is 2.75. The molecule has 1 amide bonds. The Bertz CT molecular complexity index is 540. The summed E-state index contributed by atoms with van der Waals surface area (Å²) in [4.78, 5) is 15.2. The SMILES string of the molecule is CCCC(=O)N1CCN(c2ccc(Cl)cc2C(F)(F)F)CC1. The standard InChI is InChI=1S/C15H18ClF3N2O/c1-2-3-14(22)21-8-6-20(7-9-21)13-5-4-11(16)10-12(13)15(17,18)19/h4-5,10H,2-3,6-9H2,1H3. The van der Waals surface area contributed by atoms with Crippen LogP contribution in [0.2, 0.25) is 5.02 Å². The van der Waals surface area contributed by atoms with Gasteiger partial charge in [0.2, 0.25) is 5.91 Å². The second kappa shape index (κ2) is 6.77. The van der Waals surface area contributed by atoms with Gasteiger partial charge in [0.25, 0.3) is 0 Å². The van der Waals surface area contributed by atoms with Crippen LogP contribution in [0.5, 0.6) is 0 Å². The average Bonchev–Trinajstić information content (AvgIpc) is 2.47. The third kappa shape index (κ3) is 3.85. The zero-order chi connectivity index (χ0) is 16.3. The summed E-state index contributed by atoms with van der Waals surface area (Å²) in [6.45, 7) is 3.59. The first-order valence-corrected chi connectivity index (χ1v) is 7.60. The number of alkyl halides is 3. The minimum Gasteiger partial charge on any atom is -0.367 e. The Morgan fingerprint density at radius 1 is 1.23 bits per heavy atom. The highest BCUT2D eigenvalue weighted by atomic mass is 35.5. The highest BCUT2D eigenvalue weighted by Crippen LogP contribution is 2.38. The number of halogens is 4. The summed E-state index contributed by atoms with van der Waals surface area (Å²) in [7, 11) is 0. The second-order valence-electron chi connectivity index (χ2n) is 5.28. The van der Waals surface area contributed by atoms with Crippen LogP contribution in [0.4, 0.5) is 18.9 Å². The Labute approximate surface area is 132 Å². The van der Waals surface area contributed by atoms with Crippen molar-refractivity contribution in [2.24, 2.45) is 0 Å². The summed E-state index contributed by atoms with van der Waals surface area (Å²) < 4.78 is 39.4. The molecule has 1 aliphatic heterocycles. The molecule has 0 radical (unpaired) electrons. The number of hydrogen-bond acceptors (Lipinski definition) is 2. The van der Waals surface area contributed by atoms with E-state index in [0.717, 1.165) is 12.5 Å². The van der Waals surface area contributed by atoms with Crippen molar-refractivity contribution < 1.29 is 18.0 Å². The van der Waals surface area contributed by atoms with Gasteiger partial charge in [0.15, 0.2) is 0 Å². The van der Waals surface area contributed by atoms with Crippen LogP contribution in [0.1, 0.15) is 25.3 Å². The fourth-order valence-electron chi connectivity index (χ4n) is 2.58. The van der Waals surface area contributed by atoms with E-state index in [0.29, 0.717) is 32.6 Å². The van der Waals surface area contributed by atoms with Crippen molar-refractivity contribution in [3.05, 3.63) is 28.8 Å². The molecule has 3 nitrogen and oxygen atoms in total. The third-order valence-electron chi connectivity index (χ3n) is 3.70. The zero-order valence-electron chi connectivity index (χ0n) is 12.3. The maximum atomic E-state index is 13.1. The van der Waals surface area contributed by atoms with Gasteiger partial charge in [-0.2, -0.15) is 13.2 Å². The Morgan fingerprint density at radius 2 is 1.86 bits per heavy atom. The highest BCUT2D eigenvalue weighted by Gasteiger charge is 2.36. The average molecular weight is 335 g/mol. The number of piperazine rings is 1. The van der Waals surface area contributed by atoms with E-state index >= 15 is 0 Å². The molecule has 1 heterocycles. The molecule has 0 spiro atoms. The molecule has 0 aromatic heterocycles. The highest BCUT2D eigenvalue weighted by molar-refractivity contribution is 6.30. The fraction of sp³-hybridized carbons (Fsp3) is 0.533. The van der Waals surface area contributed by atoms with E-state index in [9.17, 15) is 18.0 Å². The number of amides is 1. The van der Waals surface area contributed by atoms with Gasteiger partial charge < -0.3 is 9.80 Å². The van der Waals surface area contributed by atoms with Gasteiger partial charge in [-0.1, -0.05) is 18.5 Å². The van der Waals surface area contributed by atoms with Gasteiger partial charge in [-0.3, -0.25) is 4.79 Å². The zero-order valence-corrected chi connectivity index (χ0v) is 13.0. The molecule has 1 aliphatic rings. The Kier molecular flexibility index (Phi) is 5.21. The predicted molar refractivity (Wildman–Crippen MR) is 80.2 cm³/mol. The molecule has 0 aliphatic carbocycles. The molecule has 0 saturated carbocycles. The number of nitrogens with zero attached hydrogens (tertiary/aromatic N) is 2. The Morgan fingerprint density at radius 3 is 2.41 bits per heavy atom. The summed E-state index contributed by atoms with van der Waals surface area (Å²) in [5.41, 5.74) is -0.604. The van der Waals surface area contributed by atoms with Crippen LogP contribution >= 0.6 is 11.6 Å². The minimum atomic E-state index is -4.45. The molecule has 1 fully saturated rings. The summed E-state index contributed by atoms with van der Waals surface area (Å²) >= 11 is 5.69. The molecule has 1 aromatic rings. The summed E-state index contributed by atoms with van der Waals surface area (Å²) in [5, 5.41) is 0.0628. The van der Waals surface area contributed by atoms with Crippen LogP contribution in [0.15, 0.2) is 18.2 Å². The van der Waals surface area contributed by atoms with E-state index < -0.39 is 11.7 Å². The quantitative estimate of drug-likeness (QED) is 0.839. The Balaban J connectivity index is 2.13. The van der Waals surface area contributed by atoms with E-state index in [1.54, 1.807) is 9.80 Å². The van der Waals surface area contributed by atoms with Crippen LogP contribution in [0.3, 0.4) is 0 Å².